The van der Waals surface area contributed by atoms with Crippen LogP contribution in [0.1, 0.15) is 16.8 Å². The number of amides is 1. The zero-order valence-corrected chi connectivity index (χ0v) is 9.31. The first-order valence-corrected chi connectivity index (χ1v) is 4.94. The Morgan fingerprint density at radius 3 is 2.65 bits per heavy atom. The lowest BCUT2D eigenvalue weighted by molar-refractivity contribution is -0.137. The van der Waals surface area contributed by atoms with Crippen LogP contribution in [0.5, 0.6) is 0 Å². The van der Waals surface area contributed by atoms with Crippen molar-refractivity contribution in [2.45, 2.75) is 6.42 Å². The minimum absolute atomic E-state index is 0.0326. The number of hydrogen-bond acceptors (Lipinski definition) is 3. The molecule has 0 bridgehead atoms. The molecule has 0 saturated carbocycles. The molecule has 0 aliphatic carbocycles. The van der Waals surface area contributed by atoms with Crippen molar-refractivity contribution in [3.63, 3.8) is 0 Å². The molecule has 6 heteroatoms. The lowest BCUT2D eigenvalue weighted by atomic mass is 10.1. The fourth-order valence-corrected chi connectivity index (χ4v) is 1.25. The molecule has 92 valence electrons. The fourth-order valence-electron chi connectivity index (χ4n) is 1.25. The number of carbonyl (C=O) groups excluding carboxylic acids is 1. The van der Waals surface area contributed by atoms with Gasteiger partial charge in [-0.1, -0.05) is 0 Å². The largest absolute Gasteiger partial charge is 0.481 e. The maximum atomic E-state index is 13.1. The molecule has 0 heterocycles. The number of nitrogen functional groups attached to an aromatic ring is 1. The summed E-state index contributed by atoms with van der Waals surface area (Å²) in [5.74, 6) is -2.10. The highest BCUT2D eigenvalue weighted by Gasteiger charge is 2.14. The molecule has 3 N–H and O–H groups in total. The van der Waals surface area contributed by atoms with Crippen LogP contribution in [-0.2, 0) is 4.79 Å². The van der Waals surface area contributed by atoms with Crippen LogP contribution < -0.4 is 5.73 Å². The van der Waals surface area contributed by atoms with Gasteiger partial charge in [-0.3, -0.25) is 9.59 Å². The summed E-state index contributed by atoms with van der Waals surface area (Å²) >= 11 is 0. The molecule has 0 saturated heterocycles. The SMILES string of the molecule is CN(CCC(=O)O)C(=O)c1ccc(N)c(F)c1. The van der Waals surface area contributed by atoms with Crippen molar-refractivity contribution in [3.8, 4) is 0 Å². The normalized spacial score (nSPS) is 10.0. The fraction of sp³-hybridized carbons (Fsp3) is 0.273. The van der Waals surface area contributed by atoms with Crippen molar-refractivity contribution in [1.82, 2.24) is 4.90 Å². The molecule has 0 spiro atoms. The predicted molar refractivity (Wildman–Crippen MR) is 60.0 cm³/mol. The first kappa shape index (κ1) is 13.0. The Balaban J connectivity index is 2.74. The Bertz CT molecular complexity index is 448. The Kier molecular flexibility index (Phi) is 4.03. The quantitative estimate of drug-likeness (QED) is 0.767. The molecule has 0 radical (unpaired) electrons. The van der Waals surface area contributed by atoms with E-state index in [1.165, 1.54) is 24.1 Å². The van der Waals surface area contributed by atoms with Gasteiger partial charge in [0.25, 0.3) is 5.91 Å². The number of nitrogens with two attached hydrogens (primary N) is 1. The van der Waals surface area contributed by atoms with Crippen LogP contribution >= 0.6 is 0 Å². The third kappa shape index (κ3) is 3.44. The second-order valence-electron chi connectivity index (χ2n) is 3.61. The maximum Gasteiger partial charge on any atom is 0.305 e. The van der Waals surface area contributed by atoms with Gasteiger partial charge in [-0.05, 0) is 18.2 Å². The van der Waals surface area contributed by atoms with Crippen molar-refractivity contribution in [2.75, 3.05) is 19.3 Å². The van der Waals surface area contributed by atoms with Crippen LogP contribution in [0, 0.1) is 5.82 Å². The van der Waals surface area contributed by atoms with Gasteiger partial charge < -0.3 is 15.7 Å². The minimum atomic E-state index is -0.992. The number of carboxylic acid groups (broad SMARTS) is 1. The van der Waals surface area contributed by atoms with E-state index in [1.54, 1.807) is 0 Å². The van der Waals surface area contributed by atoms with E-state index in [9.17, 15) is 14.0 Å². The van der Waals surface area contributed by atoms with Gasteiger partial charge in [-0.15, -0.1) is 0 Å². The molecule has 1 aromatic rings. The molecule has 0 aliphatic rings. The molecular formula is C11H13FN2O3. The second-order valence-corrected chi connectivity index (χ2v) is 3.61. The van der Waals surface area contributed by atoms with E-state index >= 15 is 0 Å². The van der Waals surface area contributed by atoms with Gasteiger partial charge in [0.05, 0.1) is 12.1 Å². The molecule has 0 atom stereocenters. The highest BCUT2D eigenvalue weighted by atomic mass is 19.1. The maximum absolute atomic E-state index is 13.1. The molecule has 1 aromatic carbocycles. The standard InChI is InChI=1S/C11H13FN2O3/c1-14(5-4-10(15)16)11(17)7-2-3-9(13)8(12)6-7/h2-3,6H,4-5,13H2,1H3,(H,15,16). The second kappa shape index (κ2) is 5.29. The molecule has 0 unspecified atom stereocenters. The Morgan fingerprint density at radius 2 is 2.12 bits per heavy atom. The zero-order valence-electron chi connectivity index (χ0n) is 9.31. The van der Waals surface area contributed by atoms with Gasteiger partial charge >= 0.3 is 5.97 Å². The molecule has 0 fully saturated rings. The average Bonchev–Trinajstić information content (AvgIpc) is 2.28. The average molecular weight is 240 g/mol. The van der Waals surface area contributed by atoms with E-state index in [4.69, 9.17) is 10.8 Å². The van der Waals surface area contributed by atoms with E-state index in [0.29, 0.717) is 0 Å². The summed E-state index contributed by atoms with van der Waals surface area (Å²) in [7, 11) is 1.46. The van der Waals surface area contributed by atoms with Crippen LogP contribution in [0.15, 0.2) is 18.2 Å². The molecule has 0 aromatic heterocycles. The molecule has 0 aliphatic heterocycles. The van der Waals surface area contributed by atoms with E-state index in [1.807, 2.05) is 0 Å². The van der Waals surface area contributed by atoms with Crippen molar-refractivity contribution >= 4 is 17.6 Å². The Hall–Kier alpha value is -2.11. The third-order valence-electron chi connectivity index (χ3n) is 2.26. The molecule has 1 amide bonds. The number of benzene rings is 1. The van der Waals surface area contributed by atoms with Crippen LogP contribution in [0.3, 0.4) is 0 Å². The van der Waals surface area contributed by atoms with Gasteiger partial charge in [0.15, 0.2) is 0 Å². The van der Waals surface area contributed by atoms with Crippen LogP contribution in [0.4, 0.5) is 10.1 Å². The van der Waals surface area contributed by atoms with Gasteiger partial charge in [0.1, 0.15) is 5.82 Å². The lowest BCUT2D eigenvalue weighted by Crippen LogP contribution is -2.29. The van der Waals surface area contributed by atoms with Crippen molar-refractivity contribution in [3.05, 3.63) is 29.6 Å². The third-order valence-corrected chi connectivity index (χ3v) is 2.26. The van der Waals surface area contributed by atoms with Gasteiger partial charge in [0, 0.05) is 19.2 Å². The predicted octanol–water partition coefficient (Wildman–Crippen LogP) is 0.955. The highest BCUT2D eigenvalue weighted by molar-refractivity contribution is 5.94. The van der Waals surface area contributed by atoms with Crippen LogP contribution in [-0.4, -0.2) is 35.5 Å². The van der Waals surface area contributed by atoms with E-state index in [-0.39, 0.29) is 24.2 Å². The van der Waals surface area contributed by atoms with Crippen LogP contribution in [0.25, 0.3) is 0 Å². The van der Waals surface area contributed by atoms with E-state index in [2.05, 4.69) is 0 Å². The van der Waals surface area contributed by atoms with Crippen molar-refractivity contribution in [2.24, 2.45) is 0 Å². The number of rotatable bonds is 4. The molecule has 17 heavy (non-hydrogen) atoms. The van der Waals surface area contributed by atoms with Crippen molar-refractivity contribution in [1.29, 1.82) is 0 Å². The summed E-state index contributed by atoms with van der Waals surface area (Å²) in [6, 6.07) is 3.74. The topological polar surface area (TPSA) is 83.6 Å². The minimum Gasteiger partial charge on any atom is -0.481 e. The number of anilines is 1. The van der Waals surface area contributed by atoms with Gasteiger partial charge in [-0.25, -0.2) is 4.39 Å². The number of carbonyl (C=O) groups is 2. The number of aliphatic carboxylic acids is 1. The van der Waals surface area contributed by atoms with E-state index < -0.39 is 17.7 Å². The molecular weight excluding hydrogens is 227 g/mol. The number of carboxylic acids is 1. The lowest BCUT2D eigenvalue weighted by Gasteiger charge is -2.16. The summed E-state index contributed by atoms with van der Waals surface area (Å²) in [6.07, 6.45) is -0.153. The highest BCUT2D eigenvalue weighted by Crippen LogP contribution is 2.13. The summed E-state index contributed by atoms with van der Waals surface area (Å²) in [4.78, 5) is 23.3. The number of halogens is 1. The first-order valence-electron chi connectivity index (χ1n) is 4.94. The Morgan fingerprint density at radius 1 is 1.47 bits per heavy atom. The van der Waals surface area contributed by atoms with E-state index in [0.717, 1.165) is 6.07 Å². The monoisotopic (exact) mass is 240 g/mol. The molecule has 1 rings (SSSR count). The van der Waals surface area contributed by atoms with Gasteiger partial charge in [-0.2, -0.15) is 0 Å². The zero-order chi connectivity index (χ0) is 13.0. The number of hydrogen-bond donors (Lipinski definition) is 2. The summed E-state index contributed by atoms with van der Waals surface area (Å²) in [5.41, 5.74) is 5.40. The Labute approximate surface area is 97.6 Å². The summed E-state index contributed by atoms with van der Waals surface area (Å²) in [5, 5.41) is 8.48. The summed E-state index contributed by atoms with van der Waals surface area (Å²) < 4.78 is 13.1. The summed E-state index contributed by atoms with van der Waals surface area (Å²) in [6.45, 7) is 0.0696. The number of nitrogens with zero attached hydrogens (tertiary/aromatic N) is 1. The van der Waals surface area contributed by atoms with Crippen LogP contribution in [0.2, 0.25) is 0 Å². The molecule has 5 nitrogen and oxygen atoms in total. The van der Waals surface area contributed by atoms with Crippen molar-refractivity contribution < 1.29 is 19.1 Å². The smallest absolute Gasteiger partial charge is 0.305 e. The van der Waals surface area contributed by atoms with Gasteiger partial charge in [0.2, 0.25) is 0 Å². The first-order chi connectivity index (χ1) is 7.91.